The van der Waals surface area contributed by atoms with Crippen LogP contribution in [0.2, 0.25) is 0 Å². The molecule has 1 aromatic carbocycles. The molecule has 2 atom stereocenters. The van der Waals surface area contributed by atoms with Crippen LogP contribution in [0.1, 0.15) is 31.5 Å². The van der Waals surface area contributed by atoms with Crippen LogP contribution in [0.3, 0.4) is 0 Å². The number of fused-ring (bicyclic) bond motifs is 1. The normalized spacial score (nSPS) is 13.7. The topological polar surface area (TPSA) is 68.4 Å². The number of rotatable bonds is 4. The van der Waals surface area contributed by atoms with E-state index in [4.69, 9.17) is 0 Å². The highest BCUT2D eigenvalue weighted by Crippen LogP contribution is 2.13. The van der Waals surface area contributed by atoms with Gasteiger partial charge in [-0.25, -0.2) is 4.68 Å². The third-order valence-corrected chi connectivity index (χ3v) is 3.91. The number of hydrogen-bond donors (Lipinski definition) is 1. The summed E-state index contributed by atoms with van der Waals surface area (Å²) in [7, 11) is 0. The first-order valence-electron chi connectivity index (χ1n) is 7.48. The molecule has 0 spiro atoms. The maximum atomic E-state index is 12.4. The zero-order valence-electron chi connectivity index (χ0n) is 13.0. The zero-order valence-corrected chi connectivity index (χ0v) is 13.0. The minimum Gasteiger partial charge on any atom is -0.348 e. The predicted octanol–water partition coefficient (Wildman–Crippen LogP) is 1.93. The molecule has 0 unspecified atom stereocenters. The molecule has 23 heavy (non-hydrogen) atoms. The zero-order chi connectivity index (χ0) is 16.4. The number of aromatic nitrogens is 3. The van der Waals surface area contributed by atoms with E-state index in [1.807, 2.05) is 37.3 Å². The Balaban J connectivity index is 1.81. The summed E-state index contributed by atoms with van der Waals surface area (Å²) < 4.78 is 2.85. The molecule has 0 fully saturated rings. The molecule has 0 bridgehead atoms. The van der Waals surface area contributed by atoms with E-state index in [2.05, 4.69) is 10.4 Å². The predicted molar refractivity (Wildman–Crippen MR) is 87.2 cm³/mol. The van der Waals surface area contributed by atoms with Gasteiger partial charge in [-0.2, -0.15) is 5.10 Å². The van der Waals surface area contributed by atoms with Gasteiger partial charge in [-0.05, 0) is 31.5 Å². The lowest BCUT2D eigenvalue weighted by Crippen LogP contribution is -2.38. The quantitative estimate of drug-likeness (QED) is 0.800. The van der Waals surface area contributed by atoms with Crippen LogP contribution in [0.25, 0.3) is 5.52 Å². The van der Waals surface area contributed by atoms with Gasteiger partial charge in [-0.3, -0.25) is 9.59 Å². The van der Waals surface area contributed by atoms with Gasteiger partial charge < -0.3 is 9.72 Å². The highest BCUT2D eigenvalue weighted by molar-refractivity contribution is 5.80. The number of carbonyl (C=O) groups excluding carboxylic acids is 1. The van der Waals surface area contributed by atoms with E-state index < -0.39 is 6.04 Å². The molecule has 118 valence electrons. The standard InChI is InChI=1S/C17H18N4O2/c1-12(14-7-4-3-5-8-14)19-16(22)13(2)21-17(23)15-9-6-10-20(15)11-18-21/h3-13H,1-2H3,(H,19,22)/t12-,13+/m1/s1. The van der Waals surface area contributed by atoms with Gasteiger partial charge in [0.25, 0.3) is 5.56 Å². The molecule has 0 aliphatic carbocycles. The smallest absolute Gasteiger partial charge is 0.291 e. The van der Waals surface area contributed by atoms with Crippen molar-refractivity contribution in [2.75, 3.05) is 0 Å². The van der Waals surface area contributed by atoms with Gasteiger partial charge in [-0.15, -0.1) is 0 Å². The van der Waals surface area contributed by atoms with Gasteiger partial charge in [0.2, 0.25) is 5.91 Å². The average molecular weight is 310 g/mol. The van der Waals surface area contributed by atoms with E-state index in [9.17, 15) is 9.59 Å². The van der Waals surface area contributed by atoms with E-state index in [0.29, 0.717) is 5.52 Å². The number of hydrogen-bond acceptors (Lipinski definition) is 3. The minimum atomic E-state index is -0.687. The third-order valence-electron chi connectivity index (χ3n) is 3.91. The summed E-state index contributed by atoms with van der Waals surface area (Å²) in [5.74, 6) is -0.244. The molecule has 3 rings (SSSR count). The molecule has 2 aromatic heterocycles. The summed E-state index contributed by atoms with van der Waals surface area (Å²) in [6.45, 7) is 3.58. The molecule has 6 nitrogen and oxygen atoms in total. The summed E-state index contributed by atoms with van der Waals surface area (Å²) in [6.07, 6.45) is 3.28. The molecule has 6 heteroatoms. The first kappa shape index (κ1) is 15.0. The summed E-state index contributed by atoms with van der Waals surface area (Å²) >= 11 is 0. The lowest BCUT2D eigenvalue weighted by molar-refractivity contribution is -0.124. The Morgan fingerprint density at radius 1 is 1.13 bits per heavy atom. The molecule has 3 aromatic rings. The van der Waals surface area contributed by atoms with Crippen molar-refractivity contribution >= 4 is 11.4 Å². The van der Waals surface area contributed by atoms with Crippen molar-refractivity contribution in [1.82, 2.24) is 19.5 Å². The maximum absolute atomic E-state index is 12.4. The molecular weight excluding hydrogens is 292 g/mol. The molecular formula is C17H18N4O2. The summed E-state index contributed by atoms with van der Waals surface area (Å²) in [5.41, 5.74) is 1.22. The second kappa shape index (κ2) is 6.08. The van der Waals surface area contributed by atoms with Gasteiger partial charge in [-0.1, -0.05) is 30.3 Å². The van der Waals surface area contributed by atoms with E-state index in [1.165, 1.54) is 11.0 Å². The number of nitrogens with one attached hydrogen (secondary N) is 1. The highest BCUT2D eigenvalue weighted by Gasteiger charge is 2.20. The van der Waals surface area contributed by atoms with Crippen molar-refractivity contribution in [3.8, 4) is 0 Å². The van der Waals surface area contributed by atoms with Gasteiger partial charge in [0.15, 0.2) is 0 Å². The second-order valence-corrected chi connectivity index (χ2v) is 5.50. The second-order valence-electron chi connectivity index (χ2n) is 5.50. The van der Waals surface area contributed by atoms with Crippen LogP contribution in [0.4, 0.5) is 0 Å². The van der Waals surface area contributed by atoms with E-state index in [0.717, 1.165) is 5.56 Å². The number of carbonyl (C=O) groups is 1. The van der Waals surface area contributed by atoms with Crippen LogP contribution in [-0.2, 0) is 4.79 Å². The Morgan fingerprint density at radius 2 is 1.87 bits per heavy atom. The Morgan fingerprint density at radius 3 is 2.61 bits per heavy atom. The van der Waals surface area contributed by atoms with Gasteiger partial charge in [0.1, 0.15) is 17.9 Å². The number of benzene rings is 1. The van der Waals surface area contributed by atoms with Crippen molar-refractivity contribution in [1.29, 1.82) is 0 Å². The van der Waals surface area contributed by atoms with Crippen LogP contribution < -0.4 is 10.9 Å². The van der Waals surface area contributed by atoms with Crippen molar-refractivity contribution in [3.05, 3.63) is 70.9 Å². The molecule has 0 radical (unpaired) electrons. The average Bonchev–Trinajstić information content (AvgIpc) is 3.05. The van der Waals surface area contributed by atoms with Crippen molar-refractivity contribution < 1.29 is 4.79 Å². The third kappa shape index (κ3) is 2.88. The minimum absolute atomic E-state index is 0.140. The number of amides is 1. The summed E-state index contributed by atoms with van der Waals surface area (Å²) in [4.78, 5) is 24.8. The fourth-order valence-electron chi connectivity index (χ4n) is 2.50. The fraction of sp³-hybridized carbons (Fsp3) is 0.235. The van der Waals surface area contributed by atoms with E-state index >= 15 is 0 Å². The van der Waals surface area contributed by atoms with Crippen LogP contribution in [0.15, 0.2) is 59.8 Å². The maximum Gasteiger partial charge on any atom is 0.291 e. The van der Waals surface area contributed by atoms with Crippen LogP contribution in [0.5, 0.6) is 0 Å². The van der Waals surface area contributed by atoms with Crippen LogP contribution >= 0.6 is 0 Å². The SMILES string of the molecule is C[C@@H](NC(=O)[C@H](C)n1ncn2cccc2c1=O)c1ccccc1. The molecule has 1 amide bonds. The first-order valence-corrected chi connectivity index (χ1v) is 7.48. The molecule has 1 N–H and O–H groups in total. The van der Waals surface area contributed by atoms with Crippen molar-refractivity contribution in [2.45, 2.75) is 25.9 Å². The van der Waals surface area contributed by atoms with Gasteiger partial charge >= 0.3 is 0 Å². The van der Waals surface area contributed by atoms with Crippen LogP contribution in [-0.4, -0.2) is 20.1 Å². The first-order chi connectivity index (χ1) is 11.1. The molecule has 0 aliphatic heterocycles. The van der Waals surface area contributed by atoms with Crippen LogP contribution in [0, 0.1) is 0 Å². The summed E-state index contributed by atoms with van der Waals surface area (Å²) in [5, 5.41) is 7.00. The van der Waals surface area contributed by atoms with Crippen molar-refractivity contribution in [2.24, 2.45) is 0 Å². The molecule has 0 aliphatic rings. The molecule has 0 saturated carbocycles. The lowest BCUT2D eigenvalue weighted by Gasteiger charge is -2.18. The van der Waals surface area contributed by atoms with E-state index in [1.54, 1.807) is 29.7 Å². The largest absolute Gasteiger partial charge is 0.348 e. The van der Waals surface area contributed by atoms with Gasteiger partial charge in [0, 0.05) is 6.20 Å². The van der Waals surface area contributed by atoms with Gasteiger partial charge in [0.05, 0.1) is 6.04 Å². The summed E-state index contributed by atoms with van der Waals surface area (Å²) in [6, 6.07) is 12.3. The van der Waals surface area contributed by atoms with E-state index in [-0.39, 0.29) is 17.5 Å². The Kier molecular flexibility index (Phi) is 3.97. The Labute approximate surface area is 133 Å². The fourth-order valence-corrected chi connectivity index (χ4v) is 2.50. The Bertz CT molecular complexity index is 882. The monoisotopic (exact) mass is 310 g/mol. The van der Waals surface area contributed by atoms with Crippen molar-refractivity contribution in [3.63, 3.8) is 0 Å². The number of nitrogens with zero attached hydrogens (tertiary/aromatic N) is 3. The molecule has 0 saturated heterocycles. The molecule has 2 heterocycles. The highest BCUT2D eigenvalue weighted by atomic mass is 16.2. The lowest BCUT2D eigenvalue weighted by atomic mass is 10.1. The Hall–Kier alpha value is -2.89.